The molecular weight excluding hydrogens is 224 g/mol. The van der Waals surface area contributed by atoms with Crippen LogP contribution in [0, 0.1) is 0 Å². The Hall–Kier alpha value is -1.39. The summed E-state index contributed by atoms with van der Waals surface area (Å²) in [6, 6.07) is 3.75. The number of nitrogens with zero attached hydrogens (tertiary/aromatic N) is 3. The molecule has 0 aliphatic rings. The molecule has 0 fully saturated rings. The molecule has 2 heterocycles. The van der Waals surface area contributed by atoms with Gasteiger partial charge in [0.25, 0.3) is 0 Å². The van der Waals surface area contributed by atoms with Crippen LogP contribution in [-0.2, 0) is 13.5 Å². The highest BCUT2D eigenvalue weighted by atomic mass is 35.5. The number of rotatable bonds is 3. The summed E-state index contributed by atoms with van der Waals surface area (Å²) in [6.07, 6.45) is 5.85. The lowest BCUT2D eigenvalue weighted by atomic mass is 10.1. The molecular formula is C11H13ClN4. The Morgan fingerprint density at radius 3 is 2.69 bits per heavy atom. The normalized spacial score (nSPS) is 12.7. The van der Waals surface area contributed by atoms with E-state index in [2.05, 4.69) is 10.1 Å². The largest absolute Gasteiger partial charge is 0.322 e. The third-order valence-electron chi connectivity index (χ3n) is 2.49. The van der Waals surface area contributed by atoms with E-state index in [0.717, 1.165) is 17.7 Å². The lowest BCUT2D eigenvalue weighted by molar-refractivity contribution is 0.617. The number of hydrogen-bond donors (Lipinski definition) is 1. The molecule has 16 heavy (non-hydrogen) atoms. The lowest BCUT2D eigenvalue weighted by Crippen LogP contribution is -2.17. The van der Waals surface area contributed by atoms with E-state index in [1.54, 1.807) is 23.3 Å². The lowest BCUT2D eigenvalue weighted by Gasteiger charge is -2.12. The van der Waals surface area contributed by atoms with Crippen molar-refractivity contribution in [2.45, 2.75) is 12.5 Å². The molecule has 2 aromatic heterocycles. The van der Waals surface area contributed by atoms with E-state index in [4.69, 9.17) is 17.3 Å². The van der Waals surface area contributed by atoms with Gasteiger partial charge in [0.2, 0.25) is 0 Å². The van der Waals surface area contributed by atoms with Crippen molar-refractivity contribution in [2.75, 3.05) is 0 Å². The minimum absolute atomic E-state index is 0.151. The zero-order chi connectivity index (χ0) is 11.5. The average Bonchev–Trinajstić information content (AvgIpc) is 2.60. The van der Waals surface area contributed by atoms with Gasteiger partial charge in [-0.1, -0.05) is 11.6 Å². The fourth-order valence-corrected chi connectivity index (χ4v) is 2.01. The molecule has 0 saturated heterocycles. The van der Waals surface area contributed by atoms with Crippen LogP contribution < -0.4 is 5.73 Å². The van der Waals surface area contributed by atoms with E-state index in [9.17, 15) is 0 Å². The Morgan fingerprint density at radius 2 is 2.12 bits per heavy atom. The van der Waals surface area contributed by atoms with Crippen LogP contribution >= 0.6 is 11.6 Å². The first-order chi connectivity index (χ1) is 7.68. The summed E-state index contributed by atoms with van der Waals surface area (Å²) >= 11 is 6.03. The molecule has 1 atom stereocenters. The molecule has 0 aliphatic carbocycles. The van der Waals surface area contributed by atoms with Crippen LogP contribution in [0.15, 0.2) is 30.7 Å². The van der Waals surface area contributed by atoms with Crippen molar-refractivity contribution in [1.82, 2.24) is 14.8 Å². The van der Waals surface area contributed by atoms with Crippen molar-refractivity contribution in [2.24, 2.45) is 12.8 Å². The van der Waals surface area contributed by atoms with Crippen LogP contribution in [0.3, 0.4) is 0 Å². The summed E-state index contributed by atoms with van der Waals surface area (Å²) in [5.74, 6) is 0. The quantitative estimate of drug-likeness (QED) is 0.883. The van der Waals surface area contributed by atoms with Crippen molar-refractivity contribution in [3.63, 3.8) is 0 Å². The van der Waals surface area contributed by atoms with Crippen LogP contribution in [-0.4, -0.2) is 14.8 Å². The topological polar surface area (TPSA) is 56.7 Å². The maximum absolute atomic E-state index is 6.11. The van der Waals surface area contributed by atoms with Crippen LogP contribution in [0.1, 0.15) is 17.3 Å². The predicted octanol–water partition coefficient (Wildman–Crippen LogP) is 1.71. The van der Waals surface area contributed by atoms with Gasteiger partial charge in [0, 0.05) is 19.4 Å². The standard InChI is InChI=1S/C11H13ClN4/c1-16-11(9(12)7-15-16)10(13)6-8-2-4-14-5-3-8/h2-5,7,10H,6,13H2,1H3. The molecule has 2 aromatic rings. The van der Waals surface area contributed by atoms with Gasteiger partial charge in [0.15, 0.2) is 0 Å². The van der Waals surface area contributed by atoms with Crippen molar-refractivity contribution < 1.29 is 0 Å². The van der Waals surface area contributed by atoms with Gasteiger partial charge in [-0.15, -0.1) is 0 Å². The maximum atomic E-state index is 6.11. The summed E-state index contributed by atoms with van der Waals surface area (Å²) in [5.41, 5.74) is 8.11. The Balaban J connectivity index is 2.18. The van der Waals surface area contributed by atoms with E-state index >= 15 is 0 Å². The molecule has 0 aromatic carbocycles. The van der Waals surface area contributed by atoms with Gasteiger partial charge in [0.05, 0.1) is 23.0 Å². The molecule has 0 saturated carbocycles. The fraction of sp³-hybridized carbons (Fsp3) is 0.273. The first-order valence-electron chi connectivity index (χ1n) is 5.00. The van der Waals surface area contributed by atoms with Crippen molar-refractivity contribution in [3.8, 4) is 0 Å². The summed E-state index contributed by atoms with van der Waals surface area (Å²) < 4.78 is 1.72. The number of aryl methyl sites for hydroxylation is 1. The van der Waals surface area contributed by atoms with Crippen molar-refractivity contribution in [1.29, 1.82) is 0 Å². The molecule has 5 heteroatoms. The van der Waals surface area contributed by atoms with Crippen LogP contribution in [0.2, 0.25) is 5.02 Å². The second-order valence-electron chi connectivity index (χ2n) is 3.67. The van der Waals surface area contributed by atoms with E-state index in [1.807, 2.05) is 19.2 Å². The minimum Gasteiger partial charge on any atom is -0.322 e. The van der Waals surface area contributed by atoms with Crippen molar-refractivity contribution in [3.05, 3.63) is 47.0 Å². The predicted molar refractivity (Wildman–Crippen MR) is 63.1 cm³/mol. The van der Waals surface area contributed by atoms with Gasteiger partial charge < -0.3 is 5.73 Å². The minimum atomic E-state index is -0.151. The fourth-order valence-electron chi connectivity index (χ4n) is 1.71. The first kappa shape index (κ1) is 11.1. The smallest absolute Gasteiger partial charge is 0.0834 e. The summed E-state index contributed by atoms with van der Waals surface area (Å²) in [5, 5.41) is 4.69. The molecule has 84 valence electrons. The summed E-state index contributed by atoms with van der Waals surface area (Å²) in [6.45, 7) is 0. The molecule has 0 radical (unpaired) electrons. The number of nitrogens with two attached hydrogens (primary N) is 1. The second kappa shape index (κ2) is 4.63. The third-order valence-corrected chi connectivity index (χ3v) is 2.79. The van der Waals surface area contributed by atoms with Crippen molar-refractivity contribution >= 4 is 11.6 Å². The Morgan fingerprint density at radius 1 is 1.44 bits per heavy atom. The third kappa shape index (κ3) is 2.23. The molecule has 0 aliphatic heterocycles. The van der Waals surface area contributed by atoms with Gasteiger partial charge in [0.1, 0.15) is 0 Å². The summed E-state index contributed by atoms with van der Waals surface area (Å²) in [7, 11) is 1.84. The summed E-state index contributed by atoms with van der Waals surface area (Å²) in [4.78, 5) is 3.97. The number of hydrogen-bond acceptors (Lipinski definition) is 3. The van der Waals surface area contributed by atoms with E-state index in [1.165, 1.54) is 0 Å². The van der Waals surface area contributed by atoms with Gasteiger partial charge in [-0.05, 0) is 24.1 Å². The van der Waals surface area contributed by atoms with E-state index in [0.29, 0.717) is 5.02 Å². The molecule has 0 spiro atoms. The van der Waals surface area contributed by atoms with Gasteiger partial charge in [-0.3, -0.25) is 9.67 Å². The van der Waals surface area contributed by atoms with Gasteiger partial charge in [-0.25, -0.2) is 0 Å². The average molecular weight is 237 g/mol. The van der Waals surface area contributed by atoms with Gasteiger partial charge >= 0.3 is 0 Å². The monoisotopic (exact) mass is 236 g/mol. The van der Waals surface area contributed by atoms with Gasteiger partial charge in [-0.2, -0.15) is 5.10 Å². The van der Waals surface area contributed by atoms with E-state index in [-0.39, 0.29) is 6.04 Å². The second-order valence-corrected chi connectivity index (χ2v) is 4.07. The zero-order valence-electron chi connectivity index (χ0n) is 8.97. The SMILES string of the molecule is Cn1ncc(Cl)c1C(N)Cc1ccncc1. The first-order valence-corrected chi connectivity index (χ1v) is 5.38. The highest BCUT2D eigenvalue weighted by Crippen LogP contribution is 2.22. The molecule has 4 nitrogen and oxygen atoms in total. The molecule has 1 unspecified atom stereocenters. The molecule has 2 N–H and O–H groups in total. The van der Waals surface area contributed by atoms with Crippen LogP contribution in [0.4, 0.5) is 0 Å². The molecule has 0 bridgehead atoms. The Labute approximate surface area is 99.1 Å². The Bertz CT molecular complexity index is 447. The molecule has 2 rings (SSSR count). The number of pyridine rings is 1. The highest BCUT2D eigenvalue weighted by molar-refractivity contribution is 6.31. The number of halogens is 1. The van der Waals surface area contributed by atoms with E-state index < -0.39 is 0 Å². The maximum Gasteiger partial charge on any atom is 0.0834 e. The zero-order valence-corrected chi connectivity index (χ0v) is 9.72. The molecule has 0 amide bonds. The Kier molecular flexibility index (Phi) is 3.22. The van der Waals surface area contributed by atoms with Crippen LogP contribution in [0.25, 0.3) is 0 Å². The van der Waals surface area contributed by atoms with Crippen LogP contribution in [0.5, 0.6) is 0 Å². The highest BCUT2D eigenvalue weighted by Gasteiger charge is 2.15. The number of aromatic nitrogens is 3.